The summed E-state index contributed by atoms with van der Waals surface area (Å²) in [6.45, 7) is 2.17. The Labute approximate surface area is 165 Å². The predicted molar refractivity (Wildman–Crippen MR) is 106 cm³/mol. The van der Waals surface area contributed by atoms with Gasteiger partial charge in [0.15, 0.2) is 0 Å². The molecular weight excluding hydrogens is 379 g/mol. The minimum Gasteiger partial charge on any atom is -0.354 e. The Balaban J connectivity index is 1.59. The van der Waals surface area contributed by atoms with Crippen molar-refractivity contribution < 1.29 is 17.6 Å². The zero-order valence-corrected chi connectivity index (χ0v) is 16.7. The van der Waals surface area contributed by atoms with E-state index >= 15 is 0 Å². The monoisotopic (exact) mass is 404 g/mol. The van der Waals surface area contributed by atoms with Gasteiger partial charge in [-0.05, 0) is 49.6 Å². The lowest BCUT2D eigenvalue weighted by molar-refractivity contribution is -0.126. The van der Waals surface area contributed by atoms with Gasteiger partial charge in [-0.25, -0.2) is 17.5 Å². The fraction of sp³-hybridized carbons (Fsp3) is 0.381. The molecule has 2 N–H and O–H groups in total. The lowest BCUT2D eigenvalue weighted by atomic mass is 9.78. The summed E-state index contributed by atoms with van der Waals surface area (Å²) < 4.78 is 40.4. The second-order valence-corrected chi connectivity index (χ2v) is 9.03. The van der Waals surface area contributed by atoms with Gasteiger partial charge < -0.3 is 5.32 Å². The molecule has 7 heteroatoms. The van der Waals surface area contributed by atoms with E-state index in [4.69, 9.17) is 0 Å². The Morgan fingerprint density at radius 2 is 1.61 bits per heavy atom. The SMILES string of the molecule is Cc1ccc(S(=O)(=O)NCCNC(=O)C2(c3ccc(F)cc3)CCCC2)cc1. The summed E-state index contributed by atoms with van der Waals surface area (Å²) in [5.41, 5.74) is 1.13. The summed E-state index contributed by atoms with van der Waals surface area (Å²) in [7, 11) is -3.61. The maximum absolute atomic E-state index is 13.3. The molecule has 0 radical (unpaired) electrons. The molecule has 0 unspecified atom stereocenters. The van der Waals surface area contributed by atoms with Crippen LogP contribution in [0.3, 0.4) is 0 Å². The molecule has 2 aromatic rings. The topological polar surface area (TPSA) is 75.3 Å². The third-order valence-electron chi connectivity index (χ3n) is 5.32. The van der Waals surface area contributed by atoms with Crippen molar-refractivity contribution in [3.8, 4) is 0 Å². The minimum atomic E-state index is -3.61. The lowest BCUT2D eigenvalue weighted by Gasteiger charge is -2.28. The van der Waals surface area contributed by atoms with Crippen LogP contribution in [0.2, 0.25) is 0 Å². The van der Waals surface area contributed by atoms with Gasteiger partial charge >= 0.3 is 0 Å². The zero-order valence-electron chi connectivity index (χ0n) is 15.9. The highest BCUT2D eigenvalue weighted by molar-refractivity contribution is 7.89. The minimum absolute atomic E-state index is 0.0987. The largest absolute Gasteiger partial charge is 0.354 e. The summed E-state index contributed by atoms with van der Waals surface area (Å²) in [6, 6.07) is 12.7. The van der Waals surface area contributed by atoms with E-state index in [0.29, 0.717) is 12.8 Å². The molecule has 2 aromatic carbocycles. The van der Waals surface area contributed by atoms with Crippen molar-refractivity contribution in [2.24, 2.45) is 0 Å². The molecule has 0 atom stereocenters. The van der Waals surface area contributed by atoms with E-state index < -0.39 is 15.4 Å². The first-order chi connectivity index (χ1) is 13.3. The van der Waals surface area contributed by atoms with E-state index in [-0.39, 0.29) is 29.7 Å². The Kier molecular flexibility index (Phi) is 6.15. The number of sulfonamides is 1. The molecule has 1 amide bonds. The normalized spacial score (nSPS) is 16.1. The zero-order chi connectivity index (χ0) is 20.2. The van der Waals surface area contributed by atoms with Gasteiger partial charge in [-0.1, -0.05) is 42.7 Å². The van der Waals surface area contributed by atoms with Crippen LogP contribution in [0, 0.1) is 12.7 Å². The first-order valence-corrected chi connectivity index (χ1v) is 10.9. The van der Waals surface area contributed by atoms with Crippen LogP contribution < -0.4 is 10.0 Å². The van der Waals surface area contributed by atoms with Gasteiger partial charge in [0.25, 0.3) is 0 Å². The van der Waals surface area contributed by atoms with Gasteiger partial charge in [-0.2, -0.15) is 0 Å². The molecule has 0 aliphatic heterocycles. The second kappa shape index (κ2) is 8.41. The predicted octanol–water partition coefficient (Wildman–Crippen LogP) is 3.04. The Morgan fingerprint density at radius 1 is 1.00 bits per heavy atom. The first-order valence-electron chi connectivity index (χ1n) is 9.44. The Hall–Kier alpha value is -2.25. The average molecular weight is 405 g/mol. The fourth-order valence-electron chi connectivity index (χ4n) is 3.73. The summed E-state index contributed by atoms with van der Waals surface area (Å²) in [4.78, 5) is 13.1. The van der Waals surface area contributed by atoms with Crippen LogP contribution in [0.15, 0.2) is 53.4 Å². The standard InChI is InChI=1S/C21H25FN2O3S/c1-16-4-10-19(11-5-16)28(26,27)24-15-14-23-20(25)21(12-2-3-13-21)17-6-8-18(22)9-7-17/h4-11,24H,2-3,12-15H2,1H3,(H,23,25). The van der Waals surface area contributed by atoms with Crippen molar-refractivity contribution in [3.63, 3.8) is 0 Å². The molecule has 0 aromatic heterocycles. The van der Waals surface area contributed by atoms with E-state index in [1.807, 2.05) is 6.92 Å². The van der Waals surface area contributed by atoms with Crippen molar-refractivity contribution in [2.45, 2.75) is 42.9 Å². The molecule has 0 spiro atoms. The quantitative estimate of drug-likeness (QED) is 0.697. The third-order valence-corrected chi connectivity index (χ3v) is 6.80. The van der Waals surface area contributed by atoms with Crippen molar-refractivity contribution in [1.82, 2.24) is 10.0 Å². The van der Waals surface area contributed by atoms with Gasteiger partial charge in [0.1, 0.15) is 5.82 Å². The number of hydrogen-bond donors (Lipinski definition) is 2. The summed E-state index contributed by atoms with van der Waals surface area (Å²) >= 11 is 0. The van der Waals surface area contributed by atoms with E-state index in [1.165, 1.54) is 12.1 Å². The number of aryl methyl sites for hydroxylation is 1. The maximum atomic E-state index is 13.3. The highest BCUT2D eigenvalue weighted by Gasteiger charge is 2.42. The highest BCUT2D eigenvalue weighted by atomic mass is 32.2. The van der Waals surface area contributed by atoms with Gasteiger partial charge in [-0.15, -0.1) is 0 Å². The van der Waals surface area contributed by atoms with Crippen LogP contribution in [0.4, 0.5) is 4.39 Å². The van der Waals surface area contributed by atoms with Gasteiger partial charge in [0.05, 0.1) is 10.3 Å². The number of carbonyl (C=O) groups is 1. The average Bonchev–Trinajstić information content (AvgIpc) is 3.17. The molecule has 150 valence electrons. The molecule has 0 heterocycles. The fourth-order valence-corrected chi connectivity index (χ4v) is 4.76. The van der Waals surface area contributed by atoms with Crippen LogP contribution in [0.1, 0.15) is 36.8 Å². The molecule has 5 nitrogen and oxygen atoms in total. The van der Waals surface area contributed by atoms with E-state index in [9.17, 15) is 17.6 Å². The lowest BCUT2D eigenvalue weighted by Crippen LogP contribution is -2.45. The number of hydrogen-bond acceptors (Lipinski definition) is 3. The first kappa shape index (κ1) is 20.5. The summed E-state index contributed by atoms with van der Waals surface area (Å²) in [5.74, 6) is -0.464. The number of nitrogens with one attached hydrogen (secondary N) is 2. The van der Waals surface area contributed by atoms with Crippen molar-refractivity contribution in [1.29, 1.82) is 0 Å². The van der Waals surface area contributed by atoms with E-state index in [1.54, 1.807) is 36.4 Å². The number of amides is 1. The number of rotatable bonds is 7. The third kappa shape index (κ3) is 4.42. The molecular formula is C21H25FN2O3S. The Morgan fingerprint density at radius 3 is 2.21 bits per heavy atom. The maximum Gasteiger partial charge on any atom is 0.240 e. The van der Waals surface area contributed by atoms with Crippen LogP contribution >= 0.6 is 0 Å². The number of benzene rings is 2. The number of halogens is 1. The van der Waals surface area contributed by atoms with Gasteiger partial charge in [0, 0.05) is 13.1 Å². The van der Waals surface area contributed by atoms with Crippen LogP contribution in [0.5, 0.6) is 0 Å². The molecule has 0 bridgehead atoms. The molecule has 1 saturated carbocycles. The van der Waals surface area contributed by atoms with Gasteiger partial charge in [-0.3, -0.25) is 4.79 Å². The van der Waals surface area contributed by atoms with Crippen LogP contribution in [-0.4, -0.2) is 27.4 Å². The molecule has 0 saturated heterocycles. The van der Waals surface area contributed by atoms with E-state index in [2.05, 4.69) is 10.0 Å². The summed E-state index contributed by atoms with van der Waals surface area (Å²) in [6.07, 6.45) is 3.29. The van der Waals surface area contributed by atoms with Crippen LogP contribution in [0.25, 0.3) is 0 Å². The molecule has 3 rings (SSSR count). The smallest absolute Gasteiger partial charge is 0.240 e. The van der Waals surface area contributed by atoms with Crippen molar-refractivity contribution in [3.05, 3.63) is 65.5 Å². The van der Waals surface area contributed by atoms with E-state index in [0.717, 1.165) is 24.0 Å². The molecule has 1 fully saturated rings. The number of carbonyl (C=O) groups excluding carboxylic acids is 1. The Bertz CT molecular complexity index is 919. The van der Waals surface area contributed by atoms with Crippen LogP contribution in [-0.2, 0) is 20.2 Å². The highest BCUT2D eigenvalue weighted by Crippen LogP contribution is 2.41. The van der Waals surface area contributed by atoms with Crippen molar-refractivity contribution >= 4 is 15.9 Å². The second-order valence-electron chi connectivity index (χ2n) is 7.26. The molecule has 1 aliphatic carbocycles. The molecule has 1 aliphatic rings. The summed E-state index contributed by atoms with van der Waals surface area (Å²) in [5, 5.41) is 2.85. The van der Waals surface area contributed by atoms with Crippen molar-refractivity contribution in [2.75, 3.05) is 13.1 Å². The molecule has 28 heavy (non-hydrogen) atoms. The van der Waals surface area contributed by atoms with Gasteiger partial charge in [0.2, 0.25) is 15.9 Å².